The summed E-state index contributed by atoms with van der Waals surface area (Å²) in [6, 6.07) is 5.32. The first-order valence-corrected chi connectivity index (χ1v) is 9.26. The Morgan fingerprint density at radius 3 is 2.59 bits per heavy atom. The molecule has 0 aromatic heterocycles. The smallest absolute Gasteiger partial charge is 0.264 e. The number of sulfonamides is 1. The van der Waals surface area contributed by atoms with E-state index in [0.29, 0.717) is 43.4 Å². The number of ether oxygens (including phenoxy) is 1. The number of rotatable bonds is 2. The van der Waals surface area contributed by atoms with Crippen molar-refractivity contribution in [3.63, 3.8) is 0 Å². The van der Waals surface area contributed by atoms with Crippen molar-refractivity contribution in [3.05, 3.63) is 28.8 Å². The highest BCUT2D eigenvalue weighted by Crippen LogP contribution is 2.31. The summed E-state index contributed by atoms with van der Waals surface area (Å²) in [5, 5.41) is 0.622. The predicted octanol–water partition coefficient (Wildman–Crippen LogP) is 0.747. The van der Waals surface area contributed by atoms with Gasteiger partial charge in [-0.25, -0.2) is 8.42 Å². The van der Waals surface area contributed by atoms with Crippen LogP contribution in [-0.2, 0) is 21.2 Å². The molecule has 0 bridgehead atoms. The maximum absolute atomic E-state index is 12.5. The Morgan fingerprint density at radius 1 is 1.27 bits per heavy atom. The van der Waals surface area contributed by atoms with Gasteiger partial charge < -0.3 is 9.64 Å². The van der Waals surface area contributed by atoms with E-state index < -0.39 is 16.1 Å². The summed E-state index contributed by atoms with van der Waals surface area (Å²) < 4.78 is 30.0. The Kier molecular flexibility index (Phi) is 4.05. The van der Waals surface area contributed by atoms with Crippen molar-refractivity contribution in [2.24, 2.45) is 0 Å². The summed E-state index contributed by atoms with van der Waals surface area (Å²) in [6.45, 7) is 1.44. The van der Waals surface area contributed by atoms with Gasteiger partial charge in [0.1, 0.15) is 5.75 Å². The molecule has 8 heteroatoms. The fourth-order valence-corrected chi connectivity index (χ4v) is 3.82. The van der Waals surface area contributed by atoms with Crippen molar-refractivity contribution >= 4 is 27.5 Å². The molecular weight excluding hydrogens is 328 g/mol. The molecule has 120 valence electrons. The lowest BCUT2D eigenvalue weighted by atomic mass is 10.1. The van der Waals surface area contributed by atoms with Gasteiger partial charge in [-0.3, -0.25) is 4.79 Å². The lowest BCUT2D eigenvalue weighted by Gasteiger charge is -2.34. The van der Waals surface area contributed by atoms with E-state index in [2.05, 4.69) is 0 Å². The van der Waals surface area contributed by atoms with Crippen LogP contribution in [0.4, 0.5) is 0 Å². The molecule has 0 N–H and O–H groups in total. The number of carbonyl (C=O) groups excluding carboxylic acids is 1. The van der Waals surface area contributed by atoms with E-state index in [0.717, 1.165) is 5.56 Å². The molecule has 1 aromatic carbocycles. The van der Waals surface area contributed by atoms with Crippen molar-refractivity contribution in [1.82, 2.24) is 9.21 Å². The number of hydrogen-bond donors (Lipinski definition) is 0. The van der Waals surface area contributed by atoms with Gasteiger partial charge in [0, 0.05) is 37.6 Å². The molecular formula is C14H17ClN2O4S. The molecule has 2 aliphatic heterocycles. The highest BCUT2D eigenvalue weighted by Gasteiger charge is 2.34. The topological polar surface area (TPSA) is 66.9 Å². The zero-order valence-corrected chi connectivity index (χ0v) is 13.7. The summed E-state index contributed by atoms with van der Waals surface area (Å²) in [7, 11) is -3.19. The summed E-state index contributed by atoms with van der Waals surface area (Å²) in [6.07, 6.45) is 1.14. The van der Waals surface area contributed by atoms with Gasteiger partial charge >= 0.3 is 0 Å². The Labute approximate surface area is 134 Å². The van der Waals surface area contributed by atoms with E-state index in [4.69, 9.17) is 16.3 Å². The second-order valence-corrected chi connectivity index (χ2v) is 7.97. The predicted molar refractivity (Wildman–Crippen MR) is 82.6 cm³/mol. The van der Waals surface area contributed by atoms with E-state index >= 15 is 0 Å². The fourth-order valence-electron chi connectivity index (χ4n) is 2.80. The first-order chi connectivity index (χ1) is 10.3. The van der Waals surface area contributed by atoms with E-state index in [-0.39, 0.29) is 5.91 Å². The minimum Gasteiger partial charge on any atom is -0.480 e. The number of benzene rings is 1. The molecule has 1 atom stereocenters. The van der Waals surface area contributed by atoms with Gasteiger partial charge in [-0.1, -0.05) is 11.6 Å². The van der Waals surface area contributed by atoms with Crippen LogP contribution in [0.3, 0.4) is 0 Å². The fraction of sp³-hybridized carbons (Fsp3) is 0.500. The average molecular weight is 345 g/mol. The Morgan fingerprint density at radius 2 is 1.95 bits per heavy atom. The normalized spacial score (nSPS) is 22.3. The lowest BCUT2D eigenvalue weighted by molar-refractivity contribution is -0.139. The minimum absolute atomic E-state index is 0.0968. The van der Waals surface area contributed by atoms with Crippen LogP contribution < -0.4 is 4.74 Å². The second-order valence-electron chi connectivity index (χ2n) is 5.55. The Balaban J connectivity index is 1.63. The van der Waals surface area contributed by atoms with Crippen LogP contribution >= 0.6 is 11.6 Å². The summed E-state index contributed by atoms with van der Waals surface area (Å²) in [4.78, 5) is 14.2. The summed E-state index contributed by atoms with van der Waals surface area (Å²) in [5.41, 5.74) is 0.931. The van der Waals surface area contributed by atoms with Crippen molar-refractivity contribution in [1.29, 1.82) is 0 Å². The van der Waals surface area contributed by atoms with Crippen LogP contribution in [-0.4, -0.2) is 62.1 Å². The van der Waals surface area contributed by atoms with Gasteiger partial charge in [0.2, 0.25) is 10.0 Å². The first kappa shape index (κ1) is 15.6. The third kappa shape index (κ3) is 3.06. The molecule has 0 saturated carbocycles. The van der Waals surface area contributed by atoms with Crippen LogP contribution in [0.2, 0.25) is 5.02 Å². The van der Waals surface area contributed by atoms with Crippen LogP contribution in [0.25, 0.3) is 0 Å². The zero-order valence-electron chi connectivity index (χ0n) is 12.2. The highest BCUT2D eigenvalue weighted by molar-refractivity contribution is 7.88. The minimum atomic E-state index is -3.19. The molecule has 1 fully saturated rings. The lowest BCUT2D eigenvalue weighted by Crippen LogP contribution is -2.53. The van der Waals surface area contributed by atoms with Gasteiger partial charge in [-0.15, -0.1) is 0 Å². The SMILES string of the molecule is CS(=O)(=O)N1CCN(C(=O)C2Cc3cc(Cl)ccc3O2)CC1. The molecule has 1 aromatic rings. The van der Waals surface area contributed by atoms with Crippen LogP contribution in [0.5, 0.6) is 5.75 Å². The third-order valence-corrected chi connectivity index (χ3v) is 5.53. The maximum atomic E-state index is 12.5. The Hall–Kier alpha value is -1.31. The van der Waals surface area contributed by atoms with Gasteiger partial charge in [-0.2, -0.15) is 4.31 Å². The molecule has 1 amide bonds. The highest BCUT2D eigenvalue weighted by atomic mass is 35.5. The summed E-state index contributed by atoms with van der Waals surface area (Å²) in [5.74, 6) is 0.595. The molecule has 6 nitrogen and oxygen atoms in total. The number of fused-ring (bicyclic) bond motifs is 1. The molecule has 3 rings (SSSR count). The molecule has 2 aliphatic rings. The van der Waals surface area contributed by atoms with E-state index in [1.807, 2.05) is 6.07 Å². The number of amides is 1. The molecule has 22 heavy (non-hydrogen) atoms. The quantitative estimate of drug-likeness (QED) is 0.794. The number of nitrogens with zero attached hydrogens (tertiary/aromatic N) is 2. The Bertz CT molecular complexity index is 699. The van der Waals surface area contributed by atoms with Gasteiger partial charge in [0.05, 0.1) is 6.26 Å². The second kappa shape index (κ2) is 5.72. The van der Waals surface area contributed by atoms with Crippen LogP contribution in [0.1, 0.15) is 5.56 Å². The number of halogens is 1. The first-order valence-electron chi connectivity index (χ1n) is 7.03. The van der Waals surface area contributed by atoms with Crippen molar-refractivity contribution < 1.29 is 17.9 Å². The van der Waals surface area contributed by atoms with E-state index in [1.165, 1.54) is 10.6 Å². The van der Waals surface area contributed by atoms with Gasteiger partial charge in [0.15, 0.2) is 6.10 Å². The molecule has 0 radical (unpaired) electrons. The third-order valence-electron chi connectivity index (χ3n) is 3.99. The molecule has 0 aliphatic carbocycles. The zero-order chi connectivity index (χ0) is 15.9. The molecule has 1 saturated heterocycles. The molecule has 1 unspecified atom stereocenters. The van der Waals surface area contributed by atoms with Gasteiger partial charge in [-0.05, 0) is 23.8 Å². The monoisotopic (exact) mass is 344 g/mol. The number of hydrogen-bond acceptors (Lipinski definition) is 4. The van der Waals surface area contributed by atoms with Crippen LogP contribution in [0, 0.1) is 0 Å². The number of piperazine rings is 1. The largest absolute Gasteiger partial charge is 0.480 e. The standard InChI is InChI=1S/C14H17ClN2O4S/c1-22(19,20)17-6-4-16(5-7-17)14(18)13-9-10-8-11(15)2-3-12(10)21-13/h2-3,8,13H,4-7,9H2,1H3. The summed E-state index contributed by atoms with van der Waals surface area (Å²) >= 11 is 5.94. The van der Waals surface area contributed by atoms with E-state index in [9.17, 15) is 13.2 Å². The van der Waals surface area contributed by atoms with Gasteiger partial charge in [0.25, 0.3) is 5.91 Å². The average Bonchev–Trinajstić information content (AvgIpc) is 2.88. The van der Waals surface area contributed by atoms with E-state index in [1.54, 1.807) is 17.0 Å². The van der Waals surface area contributed by atoms with Crippen LogP contribution in [0.15, 0.2) is 18.2 Å². The molecule has 0 spiro atoms. The van der Waals surface area contributed by atoms with Crippen molar-refractivity contribution in [2.45, 2.75) is 12.5 Å². The number of carbonyl (C=O) groups is 1. The van der Waals surface area contributed by atoms with Crippen molar-refractivity contribution in [2.75, 3.05) is 32.4 Å². The van der Waals surface area contributed by atoms with Crippen molar-refractivity contribution in [3.8, 4) is 5.75 Å². The maximum Gasteiger partial charge on any atom is 0.264 e. The molecule has 2 heterocycles.